The summed E-state index contributed by atoms with van der Waals surface area (Å²) in [6.45, 7) is 3.33. The third-order valence-corrected chi connectivity index (χ3v) is 3.83. The van der Waals surface area contributed by atoms with Crippen molar-refractivity contribution in [1.29, 1.82) is 0 Å². The van der Waals surface area contributed by atoms with Gasteiger partial charge in [-0.05, 0) is 23.8 Å². The number of hydrogen-bond acceptors (Lipinski definition) is 2. The molecule has 1 N–H and O–H groups in total. The molecule has 0 spiro atoms. The molecule has 0 aromatic heterocycles. The maximum absolute atomic E-state index is 12.1. The first-order chi connectivity index (χ1) is 8.16. The predicted molar refractivity (Wildman–Crippen MR) is 79.6 cm³/mol. The second kappa shape index (κ2) is 7.34. The molecule has 1 saturated heterocycles. The maximum Gasteiger partial charge on any atom is 0.227 e. The Morgan fingerprint density at radius 3 is 2.72 bits per heavy atom. The Morgan fingerprint density at radius 1 is 1.39 bits per heavy atom. The van der Waals surface area contributed by atoms with E-state index in [1.807, 2.05) is 23.1 Å². The van der Waals surface area contributed by atoms with E-state index in [0.717, 1.165) is 36.2 Å². The van der Waals surface area contributed by atoms with E-state index >= 15 is 0 Å². The van der Waals surface area contributed by atoms with Gasteiger partial charge in [-0.15, -0.1) is 12.4 Å². The number of halogens is 3. The molecule has 0 atom stereocenters. The maximum atomic E-state index is 12.1. The van der Waals surface area contributed by atoms with Crippen LogP contribution in [0.5, 0.6) is 0 Å². The van der Waals surface area contributed by atoms with Crippen LogP contribution in [-0.4, -0.2) is 37.0 Å². The highest BCUT2D eigenvalue weighted by Gasteiger charge is 2.17. The van der Waals surface area contributed by atoms with Crippen molar-refractivity contribution in [2.24, 2.45) is 0 Å². The number of nitrogens with one attached hydrogen (secondary N) is 1. The minimum atomic E-state index is 0. The molecule has 0 unspecified atom stereocenters. The number of benzene rings is 1. The van der Waals surface area contributed by atoms with E-state index in [2.05, 4.69) is 21.2 Å². The molecule has 0 aliphatic carbocycles. The Bertz CT molecular complexity index is 423. The Kier molecular flexibility index (Phi) is 6.43. The van der Waals surface area contributed by atoms with Crippen LogP contribution >= 0.6 is 39.9 Å². The van der Waals surface area contributed by atoms with Crippen molar-refractivity contribution < 1.29 is 4.79 Å². The molecule has 2 rings (SSSR count). The Labute approximate surface area is 126 Å². The fourth-order valence-corrected chi connectivity index (χ4v) is 2.45. The smallest absolute Gasteiger partial charge is 0.227 e. The van der Waals surface area contributed by atoms with Crippen molar-refractivity contribution in [3.8, 4) is 0 Å². The van der Waals surface area contributed by atoms with E-state index in [9.17, 15) is 4.79 Å². The van der Waals surface area contributed by atoms with Crippen molar-refractivity contribution in [3.05, 3.63) is 33.3 Å². The third-order valence-electron chi connectivity index (χ3n) is 2.82. The molecular weight excluding hydrogens is 339 g/mol. The van der Waals surface area contributed by atoms with Crippen LogP contribution < -0.4 is 5.32 Å². The molecule has 1 fully saturated rings. The zero-order chi connectivity index (χ0) is 12.3. The number of amides is 1. The van der Waals surface area contributed by atoms with Crippen LogP contribution in [0.2, 0.25) is 5.02 Å². The van der Waals surface area contributed by atoms with E-state index in [1.54, 1.807) is 0 Å². The first-order valence-corrected chi connectivity index (χ1v) is 6.76. The molecular formula is C12H15BrCl2N2O. The van der Waals surface area contributed by atoms with Gasteiger partial charge in [0.05, 0.1) is 6.42 Å². The molecule has 1 aliphatic heterocycles. The molecule has 1 heterocycles. The van der Waals surface area contributed by atoms with Gasteiger partial charge in [-0.25, -0.2) is 0 Å². The normalized spacial score (nSPS) is 15.1. The number of nitrogens with zero attached hydrogens (tertiary/aromatic N) is 1. The van der Waals surface area contributed by atoms with Crippen molar-refractivity contribution in [2.45, 2.75) is 6.42 Å². The molecule has 1 amide bonds. The van der Waals surface area contributed by atoms with Gasteiger partial charge in [0, 0.05) is 35.7 Å². The lowest BCUT2D eigenvalue weighted by molar-refractivity contribution is -0.131. The first kappa shape index (κ1) is 15.8. The standard InChI is InChI=1S/C12H14BrClN2O.ClH/c13-11-2-1-10(14)7-9(11)8-12(17)16-5-3-15-4-6-16;/h1-2,7,15H,3-6,8H2;1H. The summed E-state index contributed by atoms with van der Waals surface area (Å²) in [5, 5.41) is 3.89. The molecule has 0 saturated carbocycles. The zero-order valence-corrected chi connectivity index (χ0v) is 12.9. The predicted octanol–water partition coefficient (Wildman–Crippen LogP) is 2.50. The summed E-state index contributed by atoms with van der Waals surface area (Å²) in [6.07, 6.45) is 0.404. The molecule has 0 radical (unpaired) electrons. The first-order valence-electron chi connectivity index (χ1n) is 5.59. The van der Waals surface area contributed by atoms with Gasteiger partial charge in [0.2, 0.25) is 5.91 Å². The Balaban J connectivity index is 0.00000162. The number of carbonyl (C=O) groups is 1. The summed E-state index contributed by atoms with van der Waals surface area (Å²) < 4.78 is 0.936. The fourth-order valence-electron chi connectivity index (χ4n) is 1.87. The molecule has 1 aromatic rings. The van der Waals surface area contributed by atoms with E-state index in [1.165, 1.54) is 0 Å². The number of carbonyl (C=O) groups excluding carboxylic acids is 1. The fraction of sp³-hybridized carbons (Fsp3) is 0.417. The monoisotopic (exact) mass is 352 g/mol. The Morgan fingerprint density at radius 2 is 2.06 bits per heavy atom. The van der Waals surface area contributed by atoms with Crippen LogP contribution in [-0.2, 0) is 11.2 Å². The van der Waals surface area contributed by atoms with Crippen molar-refractivity contribution >= 4 is 45.8 Å². The number of rotatable bonds is 2. The van der Waals surface area contributed by atoms with E-state index in [0.29, 0.717) is 11.4 Å². The SMILES string of the molecule is Cl.O=C(Cc1cc(Cl)ccc1Br)N1CCNCC1. The summed E-state index contributed by atoms with van der Waals surface area (Å²) in [5.41, 5.74) is 0.945. The largest absolute Gasteiger partial charge is 0.340 e. The van der Waals surface area contributed by atoms with Gasteiger partial charge < -0.3 is 10.2 Å². The number of piperazine rings is 1. The molecule has 18 heavy (non-hydrogen) atoms. The summed E-state index contributed by atoms with van der Waals surface area (Å²) in [6, 6.07) is 5.53. The molecule has 6 heteroatoms. The van der Waals surface area contributed by atoms with Crippen molar-refractivity contribution in [2.75, 3.05) is 26.2 Å². The highest BCUT2D eigenvalue weighted by Crippen LogP contribution is 2.22. The van der Waals surface area contributed by atoms with Crippen molar-refractivity contribution in [1.82, 2.24) is 10.2 Å². The van der Waals surface area contributed by atoms with Gasteiger partial charge in [0.15, 0.2) is 0 Å². The minimum Gasteiger partial charge on any atom is -0.340 e. The van der Waals surface area contributed by atoms with Gasteiger partial charge in [-0.2, -0.15) is 0 Å². The lowest BCUT2D eigenvalue weighted by atomic mass is 10.1. The highest BCUT2D eigenvalue weighted by molar-refractivity contribution is 9.10. The van der Waals surface area contributed by atoms with E-state index < -0.39 is 0 Å². The van der Waals surface area contributed by atoms with Crippen LogP contribution in [0.1, 0.15) is 5.56 Å². The molecule has 1 aliphatic rings. The van der Waals surface area contributed by atoms with Crippen LogP contribution in [0.15, 0.2) is 22.7 Å². The summed E-state index contributed by atoms with van der Waals surface area (Å²) in [5.74, 6) is 0.162. The van der Waals surface area contributed by atoms with E-state index in [-0.39, 0.29) is 18.3 Å². The van der Waals surface area contributed by atoms with Crippen LogP contribution in [0.25, 0.3) is 0 Å². The summed E-state index contributed by atoms with van der Waals surface area (Å²) in [7, 11) is 0. The molecule has 100 valence electrons. The van der Waals surface area contributed by atoms with Gasteiger partial charge in [-0.3, -0.25) is 4.79 Å². The van der Waals surface area contributed by atoms with Gasteiger partial charge in [0.1, 0.15) is 0 Å². The average Bonchev–Trinajstić information content (AvgIpc) is 2.35. The van der Waals surface area contributed by atoms with E-state index in [4.69, 9.17) is 11.6 Å². The summed E-state index contributed by atoms with van der Waals surface area (Å²) >= 11 is 9.37. The zero-order valence-electron chi connectivity index (χ0n) is 9.79. The van der Waals surface area contributed by atoms with Gasteiger partial charge in [0.25, 0.3) is 0 Å². The molecule has 3 nitrogen and oxygen atoms in total. The quantitative estimate of drug-likeness (QED) is 0.885. The minimum absolute atomic E-state index is 0. The summed E-state index contributed by atoms with van der Waals surface area (Å²) in [4.78, 5) is 14.0. The lowest BCUT2D eigenvalue weighted by Crippen LogP contribution is -2.46. The van der Waals surface area contributed by atoms with Crippen LogP contribution in [0.3, 0.4) is 0 Å². The van der Waals surface area contributed by atoms with Crippen LogP contribution in [0.4, 0.5) is 0 Å². The van der Waals surface area contributed by atoms with Crippen LogP contribution in [0, 0.1) is 0 Å². The second-order valence-electron chi connectivity index (χ2n) is 4.04. The van der Waals surface area contributed by atoms with Gasteiger partial charge >= 0.3 is 0 Å². The Hall–Kier alpha value is -0.290. The molecule has 1 aromatic carbocycles. The second-order valence-corrected chi connectivity index (χ2v) is 5.33. The average molecular weight is 354 g/mol. The topological polar surface area (TPSA) is 32.3 Å². The molecule has 0 bridgehead atoms. The van der Waals surface area contributed by atoms with Gasteiger partial charge in [-0.1, -0.05) is 27.5 Å². The van der Waals surface area contributed by atoms with Crippen molar-refractivity contribution in [3.63, 3.8) is 0 Å². The highest BCUT2D eigenvalue weighted by atomic mass is 79.9. The third kappa shape index (κ3) is 4.12. The number of hydrogen-bond donors (Lipinski definition) is 1. The lowest BCUT2D eigenvalue weighted by Gasteiger charge is -2.27.